The van der Waals surface area contributed by atoms with Gasteiger partial charge in [-0.15, -0.1) is 0 Å². The molecular weight excluding hydrogens is 340 g/mol. The zero-order valence-corrected chi connectivity index (χ0v) is 16.1. The summed E-state index contributed by atoms with van der Waals surface area (Å²) in [7, 11) is 1.85. The smallest absolute Gasteiger partial charge is 0.320 e. The molecule has 0 aliphatic carbocycles. The van der Waals surface area contributed by atoms with Crippen LogP contribution in [-0.4, -0.2) is 25.6 Å². The van der Waals surface area contributed by atoms with Crippen molar-refractivity contribution >= 4 is 11.8 Å². The van der Waals surface area contributed by atoms with Crippen molar-refractivity contribution in [3.8, 4) is 0 Å². The van der Waals surface area contributed by atoms with Gasteiger partial charge in [-0.2, -0.15) is 10.2 Å². The van der Waals surface area contributed by atoms with E-state index in [0.29, 0.717) is 13.1 Å². The number of hydrogen-bond acceptors (Lipinski definition) is 3. The zero-order chi connectivity index (χ0) is 19.2. The van der Waals surface area contributed by atoms with E-state index in [1.165, 1.54) is 0 Å². The van der Waals surface area contributed by atoms with Crippen molar-refractivity contribution in [3.63, 3.8) is 0 Å². The maximum absolute atomic E-state index is 12.5. The molecule has 2 amide bonds. The maximum atomic E-state index is 12.5. The number of aromatic nitrogens is 4. The number of nitrogens with zero attached hydrogens (tertiary/aromatic N) is 4. The Morgan fingerprint density at radius 3 is 2.56 bits per heavy atom. The molecule has 2 N–H and O–H groups in total. The van der Waals surface area contributed by atoms with Crippen molar-refractivity contribution in [2.24, 2.45) is 7.05 Å². The van der Waals surface area contributed by atoms with Gasteiger partial charge < -0.3 is 5.32 Å². The number of rotatable bonds is 7. The highest BCUT2D eigenvalue weighted by atomic mass is 16.2. The Morgan fingerprint density at radius 1 is 1.11 bits per heavy atom. The highest BCUT2D eigenvalue weighted by Gasteiger charge is 2.15. The summed E-state index contributed by atoms with van der Waals surface area (Å²) in [6, 6.07) is 9.72. The third kappa shape index (κ3) is 4.36. The molecule has 0 radical (unpaired) electrons. The molecule has 0 fully saturated rings. The molecule has 0 unspecified atom stereocenters. The molecular formula is C20H26N6O. The lowest BCUT2D eigenvalue weighted by Gasteiger charge is -2.12. The number of aryl methyl sites for hydroxylation is 2. The van der Waals surface area contributed by atoms with Crippen molar-refractivity contribution < 1.29 is 4.79 Å². The quantitative estimate of drug-likeness (QED) is 0.674. The van der Waals surface area contributed by atoms with E-state index >= 15 is 0 Å². The Morgan fingerprint density at radius 2 is 1.89 bits per heavy atom. The second-order valence-electron chi connectivity index (χ2n) is 6.38. The molecule has 0 saturated heterocycles. The Balaban J connectivity index is 1.66. The fourth-order valence-corrected chi connectivity index (χ4v) is 3.22. The minimum Gasteiger partial charge on any atom is -0.334 e. The average molecular weight is 366 g/mol. The molecule has 0 saturated carbocycles. The highest BCUT2D eigenvalue weighted by Crippen LogP contribution is 2.20. The summed E-state index contributed by atoms with van der Waals surface area (Å²) >= 11 is 0. The van der Waals surface area contributed by atoms with Crippen molar-refractivity contribution in [2.45, 2.75) is 39.8 Å². The summed E-state index contributed by atoms with van der Waals surface area (Å²) in [5.74, 6) is 0.761. The summed E-state index contributed by atoms with van der Waals surface area (Å²) in [5, 5.41) is 14.6. The molecule has 2 aromatic heterocycles. The fraction of sp³-hybridized carbons (Fsp3) is 0.350. The van der Waals surface area contributed by atoms with E-state index in [1.54, 1.807) is 10.9 Å². The van der Waals surface area contributed by atoms with E-state index in [9.17, 15) is 4.79 Å². The topological polar surface area (TPSA) is 76.8 Å². The molecule has 3 aromatic rings. The largest absolute Gasteiger partial charge is 0.334 e. The van der Waals surface area contributed by atoms with E-state index < -0.39 is 0 Å². The fourth-order valence-electron chi connectivity index (χ4n) is 3.22. The number of hydrogen-bond donors (Lipinski definition) is 2. The lowest BCUT2D eigenvalue weighted by atomic mass is 10.1. The molecule has 0 aliphatic rings. The lowest BCUT2D eigenvalue weighted by Crippen LogP contribution is -2.30. The van der Waals surface area contributed by atoms with Crippen LogP contribution in [0.25, 0.3) is 0 Å². The maximum Gasteiger partial charge on any atom is 0.320 e. The first-order valence-electron chi connectivity index (χ1n) is 9.26. The van der Waals surface area contributed by atoms with Crippen LogP contribution in [0.3, 0.4) is 0 Å². The lowest BCUT2D eigenvalue weighted by molar-refractivity contribution is 0.251. The van der Waals surface area contributed by atoms with Crippen molar-refractivity contribution in [1.29, 1.82) is 0 Å². The van der Waals surface area contributed by atoms with Crippen LogP contribution < -0.4 is 10.6 Å². The van der Waals surface area contributed by atoms with Crippen LogP contribution in [0, 0.1) is 0 Å². The minimum absolute atomic E-state index is 0.232. The molecule has 3 rings (SSSR count). The van der Waals surface area contributed by atoms with Gasteiger partial charge in [-0.05, 0) is 30.0 Å². The van der Waals surface area contributed by atoms with Gasteiger partial charge in [0.1, 0.15) is 5.82 Å². The van der Waals surface area contributed by atoms with Gasteiger partial charge in [0.15, 0.2) is 0 Å². The molecule has 2 heterocycles. The van der Waals surface area contributed by atoms with Gasteiger partial charge in [0.05, 0.1) is 12.2 Å². The summed E-state index contributed by atoms with van der Waals surface area (Å²) in [4.78, 5) is 12.5. The molecule has 1 aromatic carbocycles. The van der Waals surface area contributed by atoms with Crippen LogP contribution in [0.5, 0.6) is 0 Å². The number of urea groups is 1. The second-order valence-corrected chi connectivity index (χ2v) is 6.38. The molecule has 0 spiro atoms. The second kappa shape index (κ2) is 8.53. The van der Waals surface area contributed by atoms with E-state index in [0.717, 1.165) is 41.0 Å². The van der Waals surface area contributed by atoms with Gasteiger partial charge in [0.2, 0.25) is 0 Å². The number of nitrogens with one attached hydrogen (secondary N) is 2. The van der Waals surface area contributed by atoms with Gasteiger partial charge in [-0.25, -0.2) is 4.79 Å². The first-order valence-corrected chi connectivity index (χ1v) is 9.26. The van der Waals surface area contributed by atoms with Gasteiger partial charge in [-0.3, -0.25) is 14.7 Å². The highest BCUT2D eigenvalue weighted by molar-refractivity contribution is 5.89. The van der Waals surface area contributed by atoms with Crippen LogP contribution in [0.15, 0.2) is 42.7 Å². The van der Waals surface area contributed by atoms with E-state index in [-0.39, 0.29) is 6.03 Å². The van der Waals surface area contributed by atoms with Crippen LogP contribution in [0.1, 0.15) is 36.2 Å². The van der Waals surface area contributed by atoms with Crippen LogP contribution >= 0.6 is 0 Å². The average Bonchev–Trinajstić information content (AvgIpc) is 3.29. The van der Waals surface area contributed by atoms with Crippen LogP contribution in [0.2, 0.25) is 0 Å². The van der Waals surface area contributed by atoms with Gasteiger partial charge in [0.25, 0.3) is 0 Å². The Kier molecular flexibility index (Phi) is 5.90. The van der Waals surface area contributed by atoms with Crippen molar-refractivity contribution in [2.75, 3.05) is 5.32 Å². The van der Waals surface area contributed by atoms with Gasteiger partial charge in [-0.1, -0.05) is 38.1 Å². The standard InChI is InChI=1S/C20H26N6O/c1-4-17-18(5-2)24-25(3)19(17)23-20(27)21-13-15-9-6-7-10-16(15)14-26-12-8-11-22-26/h6-12H,4-5,13-14H2,1-3H3,(H2,21,23,27). The summed E-state index contributed by atoms with van der Waals surface area (Å²) in [6.45, 7) is 5.27. The van der Waals surface area contributed by atoms with Gasteiger partial charge in [0, 0.05) is 31.5 Å². The molecule has 0 bridgehead atoms. The Bertz CT molecular complexity index is 897. The number of benzene rings is 1. The molecule has 7 heteroatoms. The van der Waals surface area contributed by atoms with E-state index in [4.69, 9.17) is 0 Å². The number of carbonyl (C=O) groups is 1. The van der Waals surface area contributed by atoms with Crippen LogP contribution in [0.4, 0.5) is 10.6 Å². The number of anilines is 1. The zero-order valence-electron chi connectivity index (χ0n) is 16.1. The molecule has 0 aliphatic heterocycles. The third-order valence-corrected chi connectivity index (χ3v) is 4.60. The Hall–Kier alpha value is -3.09. The molecule has 27 heavy (non-hydrogen) atoms. The summed E-state index contributed by atoms with van der Waals surface area (Å²) in [5.41, 5.74) is 4.32. The first kappa shape index (κ1) is 18.7. The van der Waals surface area contributed by atoms with Crippen molar-refractivity contribution in [1.82, 2.24) is 24.9 Å². The summed E-state index contributed by atoms with van der Waals surface area (Å²) < 4.78 is 3.61. The van der Waals surface area contributed by atoms with Crippen LogP contribution in [-0.2, 0) is 33.0 Å². The van der Waals surface area contributed by atoms with E-state index in [1.807, 2.05) is 42.2 Å². The number of amides is 2. The predicted molar refractivity (Wildman–Crippen MR) is 106 cm³/mol. The molecule has 7 nitrogen and oxygen atoms in total. The molecule has 142 valence electrons. The monoisotopic (exact) mass is 366 g/mol. The summed E-state index contributed by atoms with van der Waals surface area (Å²) in [6.07, 6.45) is 5.37. The third-order valence-electron chi connectivity index (χ3n) is 4.60. The first-order chi connectivity index (χ1) is 13.1. The Labute approximate surface area is 159 Å². The van der Waals surface area contributed by atoms with Crippen molar-refractivity contribution in [3.05, 3.63) is 65.1 Å². The normalized spacial score (nSPS) is 10.8. The van der Waals surface area contributed by atoms with E-state index in [2.05, 4.69) is 40.7 Å². The number of carbonyl (C=O) groups excluding carboxylic acids is 1. The SMILES string of the molecule is CCc1nn(C)c(NC(=O)NCc2ccccc2Cn2cccn2)c1CC. The predicted octanol–water partition coefficient (Wildman–Crippen LogP) is 3.11. The molecule has 0 atom stereocenters. The minimum atomic E-state index is -0.232. The van der Waals surface area contributed by atoms with Gasteiger partial charge >= 0.3 is 6.03 Å².